The monoisotopic (exact) mass is 327 g/mol. The van der Waals surface area contributed by atoms with Gasteiger partial charge in [0, 0.05) is 28.2 Å². The van der Waals surface area contributed by atoms with Crippen molar-refractivity contribution in [1.82, 2.24) is 0 Å². The van der Waals surface area contributed by atoms with Crippen LogP contribution in [0.2, 0.25) is 0 Å². The molecule has 2 nitrogen and oxygen atoms in total. The average Bonchev–Trinajstić information content (AvgIpc) is 2.30. The van der Waals surface area contributed by atoms with Gasteiger partial charge in [-0.05, 0) is 35.9 Å². The maximum Gasteiger partial charge on any atom is 0.126 e. The van der Waals surface area contributed by atoms with E-state index >= 15 is 0 Å². The summed E-state index contributed by atoms with van der Waals surface area (Å²) in [4.78, 5) is 0. The van der Waals surface area contributed by atoms with Gasteiger partial charge in [0.15, 0.2) is 0 Å². The van der Waals surface area contributed by atoms with E-state index in [1.165, 1.54) is 12.1 Å². The van der Waals surface area contributed by atoms with Gasteiger partial charge in [0.2, 0.25) is 0 Å². The van der Waals surface area contributed by atoms with Gasteiger partial charge < -0.3 is 10.8 Å². The molecule has 100 valence electrons. The van der Waals surface area contributed by atoms with Crippen molar-refractivity contribution >= 4 is 21.6 Å². The Kier molecular flexibility index (Phi) is 4.17. The predicted molar refractivity (Wildman–Crippen MR) is 73.6 cm³/mol. The maximum absolute atomic E-state index is 13.1. The molecule has 0 bridgehead atoms. The van der Waals surface area contributed by atoms with Crippen LogP contribution in [0.3, 0.4) is 0 Å². The van der Waals surface area contributed by atoms with E-state index in [9.17, 15) is 13.9 Å². The van der Waals surface area contributed by atoms with Crippen LogP contribution in [-0.4, -0.2) is 5.11 Å². The minimum Gasteiger partial charge on any atom is -0.398 e. The summed E-state index contributed by atoms with van der Waals surface area (Å²) < 4.78 is 26.9. The Labute approximate surface area is 118 Å². The fourth-order valence-electron chi connectivity index (χ4n) is 1.90. The molecule has 2 rings (SSSR count). The molecule has 0 aliphatic carbocycles. The van der Waals surface area contributed by atoms with E-state index < -0.39 is 17.7 Å². The summed E-state index contributed by atoms with van der Waals surface area (Å²) in [5.74, 6) is -1.33. The topological polar surface area (TPSA) is 46.2 Å². The fourth-order valence-corrected chi connectivity index (χ4v) is 2.28. The standard InChI is InChI=1S/C14H12BrF2NO/c15-9-1-2-13(18)12(6-9)14(19)5-8-3-10(16)7-11(17)4-8/h1-4,6-7,14,19H,5,18H2. The second kappa shape index (κ2) is 5.67. The van der Waals surface area contributed by atoms with E-state index in [2.05, 4.69) is 15.9 Å². The Morgan fingerprint density at radius 3 is 2.37 bits per heavy atom. The van der Waals surface area contributed by atoms with E-state index in [0.29, 0.717) is 16.8 Å². The van der Waals surface area contributed by atoms with E-state index in [1.807, 2.05) is 0 Å². The molecular weight excluding hydrogens is 316 g/mol. The lowest BCUT2D eigenvalue weighted by Crippen LogP contribution is -2.06. The minimum atomic E-state index is -0.918. The molecule has 0 heterocycles. The number of nitrogens with two attached hydrogens (primary N) is 1. The van der Waals surface area contributed by atoms with Crippen LogP contribution < -0.4 is 5.73 Å². The molecule has 0 saturated carbocycles. The molecule has 0 spiro atoms. The molecular formula is C14H12BrF2NO. The summed E-state index contributed by atoms with van der Waals surface area (Å²) in [6.45, 7) is 0. The second-order valence-corrected chi connectivity index (χ2v) is 5.19. The lowest BCUT2D eigenvalue weighted by molar-refractivity contribution is 0.179. The lowest BCUT2D eigenvalue weighted by Gasteiger charge is -2.14. The highest BCUT2D eigenvalue weighted by Gasteiger charge is 2.13. The van der Waals surface area contributed by atoms with Crippen molar-refractivity contribution in [3.05, 3.63) is 63.6 Å². The summed E-state index contributed by atoms with van der Waals surface area (Å²) in [6.07, 6.45) is -0.825. The number of aliphatic hydroxyl groups is 1. The van der Waals surface area contributed by atoms with Crippen molar-refractivity contribution < 1.29 is 13.9 Å². The second-order valence-electron chi connectivity index (χ2n) is 4.27. The Balaban J connectivity index is 2.25. The van der Waals surface area contributed by atoms with Crippen LogP contribution in [0.4, 0.5) is 14.5 Å². The van der Waals surface area contributed by atoms with Crippen LogP contribution in [0.1, 0.15) is 17.2 Å². The molecule has 3 N–H and O–H groups in total. The molecule has 0 saturated heterocycles. The number of hydrogen-bond donors (Lipinski definition) is 2. The van der Waals surface area contributed by atoms with E-state index in [-0.39, 0.29) is 6.42 Å². The molecule has 1 unspecified atom stereocenters. The summed E-state index contributed by atoms with van der Waals surface area (Å²) in [5, 5.41) is 10.1. The van der Waals surface area contributed by atoms with Gasteiger partial charge in [-0.15, -0.1) is 0 Å². The number of rotatable bonds is 3. The van der Waals surface area contributed by atoms with Crippen LogP contribution in [0.25, 0.3) is 0 Å². The van der Waals surface area contributed by atoms with Crippen molar-refractivity contribution in [2.45, 2.75) is 12.5 Å². The van der Waals surface area contributed by atoms with Gasteiger partial charge in [0.05, 0.1) is 6.10 Å². The highest BCUT2D eigenvalue weighted by atomic mass is 79.9. The molecule has 19 heavy (non-hydrogen) atoms. The predicted octanol–water partition coefficient (Wildman–Crippen LogP) is 3.59. The van der Waals surface area contributed by atoms with Gasteiger partial charge in [-0.25, -0.2) is 8.78 Å². The van der Waals surface area contributed by atoms with Gasteiger partial charge in [0.25, 0.3) is 0 Å². The molecule has 2 aromatic carbocycles. The molecule has 0 radical (unpaired) electrons. The smallest absolute Gasteiger partial charge is 0.126 e. The van der Waals surface area contributed by atoms with Crippen LogP contribution in [0.5, 0.6) is 0 Å². The van der Waals surface area contributed by atoms with Crippen molar-refractivity contribution in [3.63, 3.8) is 0 Å². The zero-order valence-electron chi connectivity index (χ0n) is 9.91. The molecule has 5 heteroatoms. The van der Waals surface area contributed by atoms with Gasteiger partial charge in [0.1, 0.15) is 11.6 Å². The van der Waals surface area contributed by atoms with Crippen LogP contribution in [0, 0.1) is 11.6 Å². The molecule has 0 aromatic heterocycles. The number of hydrogen-bond acceptors (Lipinski definition) is 2. The zero-order chi connectivity index (χ0) is 14.0. The molecule has 1 atom stereocenters. The zero-order valence-corrected chi connectivity index (χ0v) is 11.5. The average molecular weight is 328 g/mol. The maximum atomic E-state index is 13.1. The van der Waals surface area contributed by atoms with Crippen molar-refractivity contribution in [3.8, 4) is 0 Å². The third kappa shape index (κ3) is 3.52. The van der Waals surface area contributed by atoms with Crippen molar-refractivity contribution in [2.75, 3.05) is 5.73 Å². The number of halogens is 3. The quantitative estimate of drug-likeness (QED) is 0.846. The fraction of sp³-hybridized carbons (Fsp3) is 0.143. The number of aliphatic hydroxyl groups excluding tert-OH is 1. The van der Waals surface area contributed by atoms with Crippen molar-refractivity contribution in [1.29, 1.82) is 0 Å². The number of anilines is 1. The Morgan fingerprint density at radius 1 is 1.11 bits per heavy atom. The highest BCUT2D eigenvalue weighted by molar-refractivity contribution is 9.10. The van der Waals surface area contributed by atoms with E-state index in [0.717, 1.165) is 10.5 Å². The normalized spacial score (nSPS) is 12.4. The first-order chi connectivity index (χ1) is 8.95. The summed E-state index contributed by atoms with van der Waals surface area (Å²) in [6, 6.07) is 8.29. The van der Waals surface area contributed by atoms with Gasteiger partial charge >= 0.3 is 0 Å². The van der Waals surface area contributed by atoms with Gasteiger partial charge in [-0.1, -0.05) is 15.9 Å². The Hall–Kier alpha value is -1.46. The summed E-state index contributed by atoms with van der Waals surface area (Å²) >= 11 is 3.29. The van der Waals surface area contributed by atoms with Gasteiger partial charge in [-0.2, -0.15) is 0 Å². The first-order valence-corrected chi connectivity index (χ1v) is 6.43. The Bertz CT molecular complexity index is 584. The third-order valence-electron chi connectivity index (χ3n) is 2.76. The molecule has 0 fully saturated rings. The van der Waals surface area contributed by atoms with Crippen LogP contribution in [0.15, 0.2) is 40.9 Å². The molecule has 0 amide bonds. The largest absolute Gasteiger partial charge is 0.398 e. The van der Waals surface area contributed by atoms with Crippen LogP contribution >= 0.6 is 15.9 Å². The Morgan fingerprint density at radius 2 is 1.74 bits per heavy atom. The lowest BCUT2D eigenvalue weighted by atomic mass is 10.00. The summed E-state index contributed by atoms with van der Waals surface area (Å²) in [5.41, 5.74) is 7.12. The molecule has 0 aliphatic rings. The number of benzene rings is 2. The summed E-state index contributed by atoms with van der Waals surface area (Å²) in [7, 11) is 0. The third-order valence-corrected chi connectivity index (χ3v) is 3.25. The number of nitrogen functional groups attached to an aromatic ring is 1. The minimum absolute atomic E-state index is 0.0926. The molecule has 2 aromatic rings. The van der Waals surface area contributed by atoms with Crippen LogP contribution in [-0.2, 0) is 6.42 Å². The van der Waals surface area contributed by atoms with E-state index in [4.69, 9.17) is 5.73 Å². The highest BCUT2D eigenvalue weighted by Crippen LogP contribution is 2.27. The first kappa shape index (κ1) is 14.0. The SMILES string of the molecule is Nc1ccc(Br)cc1C(O)Cc1cc(F)cc(F)c1. The van der Waals surface area contributed by atoms with Crippen molar-refractivity contribution in [2.24, 2.45) is 0 Å². The van der Waals surface area contributed by atoms with Gasteiger partial charge in [-0.3, -0.25) is 0 Å². The van der Waals surface area contributed by atoms with E-state index in [1.54, 1.807) is 18.2 Å². The first-order valence-electron chi connectivity index (χ1n) is 5.63. The molecule has 0 aliphatic heterocycles.